The van der Waals surface area contributed by atoms with Crippen LogP contribution in [0.2, 0.25) is 5.02 Å². The molecule has 1 amide bonds. The van der Waals surface area contributed by atoms with Crippen LogP contribution in [0.15, 0.2) is 83.7 Å². The Morgan fingerprint density at radius 1 is 1.05 bits per heavy atom. The minimum absolute atomic E-state index is 0.00888. The van der Waals surface area contributed by atoms with Gasteiger partial charge in [-0.25, -0.2) is 0 Å². The lowest BCUT2D eigenvalue weighted by molar-refractivity contribution is 0.0922. The van der Waals surface area contributed by atoms with Gasteiger partial charge in [-0.05, 0) is 31.0 Å². The molecule has 0 aliphatic heterocycles. The number of amides is 1. The maximum Gasteiger partial charge on any atom is 0.276 e. The van der Waals surface area contributed by atoms with E-state index in [0.717, 1.165) is 36.1 Å². The van der Waals surface area contributed by atoms with Crippen LogP contribution in [0.3, 0.4) is 0 Å². The number of rotatable bonds is 9. The zero-order valence-electron chi connectivity index (χ0n) is 22.4. The Balaban J connectivity index is 1.20. The van der Waals surface area contributed by atoms with Gasteiger partial charge < -0.3 is 19.8 Å². The fraction of sp³-hybridized carbons (Fsp3) is 0.226. The lowest BCUT2D eigenvalue weighted by Crippen LogP contribution is -2.45. The monoisotopic (exact) mass is 569 g/mol. The van der Waals surface area contributed by atoms with Gasteiger partial charge in [0.15, 0.2) is 5.82 Å². The zero-order chi connectivity index (χ0) is 28.4. The second kappa shape index (κ2) is 11.1. The van der Waals surface area contributed by atoms with Crippen molar-refractivity contribution >= 4 is 23.3 Å². The molecule has 208 valence electrons. The van der Waals surface area contributed by atoms with Crippen LogP contribution in [0, 0.1) is 0 Å². The summed E-state index contributed by atoms with van der Waals surface area (Å²) in [7, 11) is 1.66. The van der Waals surface area contributed by atoms with Crippen LogP contribution in [0.1, 0.15) is 40.9 Å². The van der Waals surface area contributed by atoms with E-state index in [1.165, 1.54) is 10.6 Å². The number of nitrogens with zero attached hydrogens (tertiary/aromatic N) is 3. The molecular weight excluding hydrogens is 542 g/mol. The molecule has 6 rings (SSSR count). The molecule has 2 N–H and O–H groups in total. The number of carbonyl (C=O) groups is 1. The molecule has 5 aromatic rings. The summed E-state index contributed by atoms with van der Waals surface area (Å²) in [4.78, 5) is 33.8. The van der Waals surface area contributed by atoms with Gasteiger partial charge in [-0.15, -0.1) is 5.10 Å². The van der Waals surface area contributed by atoms with Crippen LogP contribution in [0.25, 0.3) is 17.2 Å². The molecule has 2 heterocycles. The predicted molar refractivity (Wildman–Crippen MR) is 156 cm³/mol. The number of benzene rings is 3. The first-order chi connectivity index (χ1) is 20.0. The normalized spacial score (nSPS) is 13.9. The van der Waals surface area contributed by atoms with Crippen LogP contribution in [-0.2, 0) is 12.0 Å². The number of para-hydroxylation sites is 1. The van der Waals surface area contributed by atoms with Crippen LogP contribution in [0.5, 0.6) is 11.5 Å². The lowest BCUT2D eigenvalue weighted by Gasteiger charge is -2.43. The largest absolute Gasteiger partial charge is 0.496 e. The Bertz CT molecular complexity index is 1780. The van der Waals surface area contributed by atoms with Crippen molar-refractivity contribution in [3.63, 3.8) is 0 Å². The number of fused-ring (bicyclic) bond motifs is 1. The molecule has 0 spiro atoms. The third-order valence-corrected chi connectivity index (χ3v) is 7.89. The highest BCUT2D eigenvalue weighted by atomic mass is 35.5. The molecule has 3 aromatic carbocycles. The van der Waals surface area contributed by atoms with Crippen LogP contribution in [0.4, 0.5) is 0 Å². The highest BCUT2D eigenvalue weighted by Crippen LogP contribution is 2.46. The molecule has 10 heteroatoms. The molecule has 1 fully saturated rings. The molecule has 41 heavy (non-hydrogen) atoms. The number of H-pyrrole nitrogens is 1. The summed E-state index contributed by atoms with van der Waals surface area (Å²) < 4.78 is 12.8. The van der Waals surface area contributed by atoms with Crippen LogP contribution < -0.4 is 20.3 Å². The minimum atomic E-state index is -0.349. The number of ether oxygens (including phenoxy) is 2. The lowest BCUT2D eigenvalue weighted by atomic mass is 9.64. The SMILES string of the molecule is COc1ccccc1C1(CNC(=O)c2c(Cl)cccc2OCc2cc(=O)n3nc(-c4ccccc4)nc3[nH]2)CCC1. The second-order valence-electron chi connectivity index (χ2n) is 10.1. The maximum atomic E-state index is 13.5. The average Bonchev–Trinajstić information content (AvgIpc) is 3.41. The Hall–Kier alpha value is -4.63. The summed E-state index contributed by atoms with van der Waals surface area (Å²) >= 11 is 6.49. The van der Waals surface area contributed by atoms with Crippen molar-refractivity contribution in [2.24, 2.45) is 0 Å². The molecule has 0 atom stereocenters. The highest BCUT2D eigenvalue weighted by molar-refractivity contribution is 6.34. The van der Waals surface area contributed by atoms with Crippen molar-refractivity contribution in [3.05, 3.63) is 111 Å². The van der Waals surface area contributed by atoms with Crippen molar-refractivity contribution in [3.8, 4) is 22.9 Å². The first-order valence-electron chi connectivity index (χ1n) is 13.3. The van der Waals surface area contributed by atoms with Gasteiger partial charge in [0.2, 0.25) is 5.78 Å². The summed E-state index contributed by atoms with van der Waals surface area (Å²) in [5.41, 5.74) is 2.05. The van der Waals surface area contributed by atoms with Gasteiger partial charge >= 0.3 is 0 Å². The number of aromatic nitrogens is 4. The standard InChI is InChI=1S/C31H28ClN5O4/c1-40-24-13-6-5-11-22(24)31(15-8-16-31)19-33-29(39)27-23(32)12-7-14-25(27)41-18-21-17-26(38)37-30(34-21)35-28(36-37)20-9-3-2-4-10-20/h2-7,9-14,17H,8,15-16,18-19H2,1H3,(H,33,39)(H,34,35,36). The summed E-state index contributed by atoms with van der Waals surface area (Å²) in [6.07, 6.45) is 2.98. The summed E-state index contributed by atoms with van der Waals surface area (Å²) in [5, 5.41) is 7.67. The smallest absolute Gasteiger partial charge is 0.276 e. The third kappa shape index (κ3) is 5.16. The van der Waals surface area contributed by atoms with E-state index in [-0.39, 0.29) is 34.1 Å². The predicted octanol–water partition coefficient (Wildman–Crippen LogP) is 5.18. The van der Waals surface area contributed by atoms with E-state index in [1.54, 1.807) is 25.3 Å². The quantitative estimate of drug-likeness (QED) is 0.253. The maximum absolute atomic E-state index is 13.5. The fourth-order valence-corrected chi connectivity index (χ4v) is 5.54. The Labute approximate surface area is 241 Å². The van der Waals surface area contributed by atoms with Gasteiger partial charge in [-0.2, -0.15) is 9.50 Å². The van der Waals surface area contributed by atoms with E-state index in [2.05, 4.69) is 26.4 Å². The van der Waals surface area contributed by atoms with Crippen molar-refractivity contribution in [2.45, 2.75) is 31.3 Å². The van der Waals surface area contributed by atoms with Gasteiger partial charge in [-0.3, -0.25) is 9.59 Å². The fourth-order valence-electron chi connectivity index (χ4n) is 5.29. The topological polar surface area (TPSA) is 111 Å². The molecule has 2 aromatic heterocycles. The van der Waals surface area contributed by atoms with Gasteiger partial charge in [-0.1, -0.05) is 72.6 Å². The summed E-state index contributed by atoms with van der Waals surface area (Å²) in [6, 6.07) is 23.8. The van der Waals surface area contributed by atoms with Gasteiger partial charge in [0.05, 0.1) is 23.4 Å². The molecule has 0 radical (unpaired) electrons. The second-order valence-corrected chi connectivity index (χ2v) is 10.5. The van der Waals surface area contributed by atoms with E-state index in [9.17, 15) is 9.59 Å². The number of halogens is 1. The number of hydrogen-bond donors (Lipinski definition) is 2. The van der Waals surface area contributed by atoms with Crippen molar-refractivity contribution in [2.75, 3.05) is 13.7 Å². The Kier molecular flexibility index (Phi) is 7.19. The number of aromatic amines is 1. The van der Waals surface area contributed by atoms with Gasteiger partial charge in [0, 0.05) is 29.2 Å². The zero-order valence-corrected chi connectivity index (χ0v) is 23.1. The Morgan fingerprint density at radius 2 is 1.80 bits per heavy atom. The molecule has 1 aliphatic rings. The van der Waals surface area contributed by atoms with E-state index in [1.807, 2.05) is 48.5 Å². The van der Waals surface area contributed by atoms with Gasteiger partial charge in [0.1, 0.15) is 18.1 Å². The van der Waals surface area contributed by atoms with E-state index in [4.69, 9.17) is 21.1 Å². The van der Waals surface area contributed by atoms with E-state index in [0.29, 0.717) is 29.6 Å². The first-order valence-corrected chi connectivity index (χ1v) is 13.7. The number of hydrogen-bond acceptors (Lipinski definition) is 6. The molecule has 0 bridgehead atoms. The van der Waals surface area contributed by atoms with Crippen molar-refractivity contribution in [1.29, 1.82) is 0 Å². The minimum Gasteiger partial charge on any atom is -0.496 e. The summed E-state index contributed by atoms with van der Waals surface area (Å²) in [6.45, 7) is 0.433. The van der Waals surface area contributed by atoms with E-state index >= 15 is 0 Å². The summed E-state index contributed by atoms with van der Waals surface area (Å²) in [5.74, 6) is 1.52. The number of carbonyl (C=O) groups excluding carboxylic acids is 1. The van der Waals surface area contributed by atoms with Crippen molar-refractivity contribution < 1.29 is 14.3 Å². The molecule has 1 aliphatic carbocycles. The number of nitrogens with one attached hydrogen (secondary N) is 2. The van der Waals surface area contributed by atoms with Gasteiger partial charge in [0.25, 0.3) is 11.5 Å². The highest BCUT2D eigenvalue weighted by Gasteiger charge is 2.41. The molecule has 0 unspecified atom stereocenters. The molecule has 9 nitrogen and oxygen atoms in total. The molecule has 1 saturated carbocycles. The molecule has 0 saturated heterocycles. The first kappa shape index (κ1) is 26.6. The number of methoxy groups -OCH3 is 1. The Morgan fingerprint density at radius 3 is 2.56 bits per heavy atom. The van der Waals surface area contributed by atoms with Crippen molar-refractivity contribution in [1.82, 2.24) is 24.9 Å². The average molecular weight is 570 g/mol. The van der Waals surface area contributed by atoms with Crippen LogP contribution >= 0.6 is 11.6 Å². The third-order valence-electron chi connectivity index (χ3n) is 7.58. The van der Waals surface area contributed by atoms with Crippen LogP contribution in [-0.4, -0.2) is 39.1 Å². The van der Waals surface area contributed by atoms with E-state index < -0.39 is 0 Å². The molecular formula is C31H28ClN5O4.